The summed E-state index contributed by atoms with van der Waals surface area (Å²) in [4.78, 5) is 0. The van der Waals surface area contributed by atoms with Crippen molar-refractivity contribution < 1.29 is 13.5 Å². The van der Waals surface area contributed by atoms with Gasteiger partial charge in [-0.1, -0.05) is 51.2 Å². The molecule has 1 heterocycles. The van der Waals surface area contributed by atoms with Crippen molar-refractivity contribution in [3.05, 3.63) is 34.9 Å². The summed E-state index contributed by atoms with van der Waals surface area (Å²) in [6.07, 6.45) is 13.8. The first-order valence-corrected chi connectivity index (χ1v) is 11.2. The van der Waals surface area contributed by atoms with E-state index in [0.717, 1.165) is 24.2 Å². The molecule has 4 rings (SSSR count). The Morgan fingerprint density at radius 3 is 2.00 bits per heavy atom. The van der Waals surface area contributed by atoms with E-state index in [2.05, 4.69) is 6.92 Å². The maximum atomic E-state index is 14.3. The van der Waals surface area contributed by atoms with E-state index in [9.17, 15) is 8.78 Å². The minimum absolute atomic E-state index is 0.226. The molecule has 1 aliphatic heterocycles. The summed E-state index contributed by atoms with van der Waals surface area (Å²) in [7, 11) is 0. The highest BCUT2D eigenvalue weighted by atomic mass is 19.2. The molecule has 0 spiro atoms. The fourth-order valence-electron chi connectivity index (χ4n) is 5.65. The van der Waals surface area contributed by atoms with Gasteiger partial charge in [0.05, 0.1) is 6.61 Å². The molecular formula is C24H34F2O. The Labute approximate surface area is 162 Å². The standard InChI is InChI=1S/C24H34F2O/c1-2-16-3-8-18(9-4-16)19-10-5-17(6-11-19)7-12-20-13-14-21(22-15-27-22)24(26)23(20)25/h13-14,16-19,22H,2-12,15H2,1H3. The van der Waals surface area contributed by atoms with Gasteiger partial charge in [0.15, 0.2) is 11.6 Å². The van der Waals surface area contributed by atoms with Crippen LogP contribution < -0.4 is 0 Å². The van der Waals surface area contributed by atoms with Crippen molar-refractivity contribution >= 4 is 0 Å². The summed E-state index contributed by atoms with van der Waals surface area (Å²) in [5.74, 6) is 2.20. The summed E-state index contributed by atoms with van der Waals surface area (Å²) < 4.78 is 33.6. The largest absolute Gasteiger partial charge is 0.368 e. The van der Waals surface area contributed by atoms with Gasteiger partial charge in [-0.05, 0) is 67.8 Å². The molecule has 1 unspecified atom stereocenters. The van der Waals surface area contributed by atoms with E-state index in [1.54, 1.807) is 12.1 Å². The first kappa shape index (κ1) is 19.4. The molecule has 0 N–H and O–H groups in total. The molecule has 0 aromatic heterocycles. The molecule has 1 aromatic rings. The van der Waals surface area contributed by atoms with Gasteiger partial charge in [-0.15, -0.1) is 0 Å². The quantitative estimate of drug-likeness (QED) is 0.487. The molecule has 3 aliphatic rings. The minimum Gasteiger partial charge on any atom is -0.368 e. The van der Waals surface area contributed by atoms with Crippen LogP contribution in [0.3, 0.4) is 0 Å². The van der Waals surface area contributed by atoms with Crippen molar-refractivity contribution in [2.24, 2.45) is 23.7 Å². The fraction of sp³-hybridized carbons (Fsp3) is 0.750. The molecule has 150 valence electrons. The highest BCUT2D eigenvalue weighted by Gasteiger charge is 2.32. The van der Waals surface area contributed by atoms with Crippen LogP contribution in [0, 0.1) is 35.3 Å². The lowest BCUT2D eigenvalue weighted by molar-refractivity contribution is 0.142. The van der Waals surface area contributed by atoms with Gasteiger partial charge in [0, 0.05) is 5.56 Å². The van der Waals surface area contributed by atoms with Crippen molar-refractivity contribution in [2.75, 3.05) is 6.61 Å². The van der Waals surface area contributed by atoms with E-state index >= 15 is 0 Å². The van der Waals surface area contributed by atoms with Crippen molar-refractivity contribution in [2.45, 2.75) is 83.7 Å². The van der Waals surface area contributed by atoms with Gasteiger partial charge in [-0.2, -0.15) is 0 Å². The van der Waals surface area contributed by atoms with Crippen LogP contribution in [0.15, 0.2) is 12.1 Å². The van der Waals surface area contributed by atoms with Crippen LogP contribution in [-0.2, 0) is 11.2 Å². The van der Waals surface area contributed by atoms with E-state index in [4.69, 9.17) is 4.74 Å². The van der Waals surface area contributed by atoms with Crippen molar-refractivity contribution in [3.63, 3.8) is 0 Å². The van der Waals surface area contributed by atoms with Gasteiger partial charge >= 0.3 is 0 Å². The third kappa shape index (κ3) is 4.55. The Morgan fingerprint density at radius 1 is 0.852 bits per heavy atom. The molecule has 3 fully saturated rings. The summed E-state index contributed by atoms with van der Waals surface area (Å²) in [5.41, 5.74) is 0.923. The third-order valence-electron chi connectivity index (χ3n) is 7.72. The topological polar surface area (TPSA) is 12.5 Å². The van der Waals surface area contributed by atoms with Crippen LogP contribution in [0.25, 0.3) is 0 Å². The van der Waals surface area contributed by atoms with Gasteiger partial charge in [0.1, 0.15) is 6.10 Å². The van der Waals surface area contributed by atoms with Crippen LogP contribution in [0.5, 0.6) is 0 Å². The van der Waals surface area contributed by atoms with Crippen molar-refractivity contribution in [1.29, 1.82) is 0 Å². The second kappa shape index (κ2) is 8.59. The lowest BCUT2D eigenvalue weighted by Gasteiger charge is -2.37. The Hall–Kier alpha value is -0.960. The van der Waals surface area contributed by atoms with E-state index < -0.39 is 11.6 Å². The molecule has 27 heavy (non-hydrogen) atoms. The van der Waals surface area contributed by atoms with Crippen LogP contribution in [0.4, 0.5) is 8.78 Å². The molecular weight excluding hydrogens is 342 g/mol. The molecule has 1 saturated heterocycles. The smallest absolute Gasteiger partial charge is 0.164 e. The summed E-state index contributed by atoms with van der Waals surface area (Å²) in [6.45, 7) is 2.84. The Morgan fingerprint density at radius 2 is 1.44 bits per heavy atom. The number of ether oxygens (including phenoxy) is 1. The monoisotopic (exact) mass is 376 g/mol. The zero-order valence-corrected chi connectivity index (χ0v) is 16.7. The summed E-state index contributed by atoms with van der Waals surface area (Å²) in [5, 5.41) is 0. The van der Waals surface area contributed by atoms with Gasteiger partial charge in [-0.3, -0.25) is 0 Å². The molecule has 2 saturated carbocycles. The average molecular weight is 377 g/mol. The van der Waals surface area contributed by atoms with E-state index in [1.807, 2.05) is 0 Å². The second-order valence-corrected chi connectivity index (χ2v) is 9.27. The minimum atomic E-state index is -0.693. The zero-order chi connectivity index (χ0) is 18.8. The van der Waals surface area contributed by atoms with Gasteiger partial charge < -0.3 is 4.74 Å². The Balaban J connectivity index is 1.24. The SMILES string of the molecule is CCC1CCC(C2CCC(CCc3ccc(C4CO4)c(F)c3F)CC2)CC1. The first-order valence-electron chi connectivity index (χ1n) is 11.2. The predicted octanol–water partition coefficient (Wildman–Crippen LogP) is 6.99. The number of aryl methyl sites for hydroxylation is 1. The molecule has 0 bridgehead atoms. The highest BCUT2D eigenvalue weighted by Crippen LogP contribution is 2.43. The number of rotatable bonds is 6. The van der Waals surface area contributed by atoms with Gasteiger partial charge in [-0.25, -0.2) is 8.78 Å². The Bertz CT molecular complexity index is 624. The fourth-order valence-corrected chi connectivity index (χ4v) is 5.65. The van der Waals surface area contributed by atoms with Crippen LogP contribution in [0.2, 0.25) is 0 Å². The van der Waals surface area contributed by atoms with E-state index in [0.29, 0.717) is 30.1 Å². The lowest BCUT2D eigenvalue weighted by atomic mass is 9.68. The van der Waals surface area contributed by atoms with E-state index in [1.165, 1.54) is 57.8 Å². The number of benzene rings is 1. The molecule has 3 heteroatoms. The highest BCUT2D eigenvalue weighted by molar-refractivity contribution is 5.29. The van der Waals surface area contributed by atoms with Crippen LogP contribution in [0.1, 0.15) is 88.4 Å². The predicted molar refractivity (Wildman–Crippen MR) is 105 cm³/mol. The summed E-state index contributed by atoms with van der Waals surface area (Å²) in [6, 6.07) is 3.49. The second-order valence-electron chi connectivity index (χ2n) is 9.27. The van der Waals surface area contributed by atoms with Crippen LogP contribution >= 0.6 is 0 Å². The third-order valence-corrected chi connectivity index (χ3v) is 7.72. The molecule has 1 atom stereocenters. The van der Waals surface area contributed by atoms with Crippen molar-refractivity contribution in [3.8, 4) is 0 Å². The molecule has 2 aliphatic carbocycles. The molecule has 0 radical (unpaired) electrons. The number of hydrogen-bond acceptors (Lipinski definition) is 1. The molecule has 1 aromatic carbocycles. The number of hydrogen-bond donors (Lipinski definition) is 0. The molecule has 1 nitrogen and oxygen atoms in total. The van der Waals surface area contributed by atoms with Gasteiger partial charge in [0.2, 0.25) is 0 Å². The summed E-state index contributed by atoms with van der Waals surface area (Å²) >= 11 is 0. The van der Waals surface area contributed by atoms with Crippen LogP contribution in [-0.4, -0.2) is 6.61 Å². The molecule has 0 amide bonds. The normalized spacial score (nSPS) is 33.8. The Kier molecular flexibility index (Phi) is 6.16. The van der Waals surface area contributed by atoms with Crippen molar-refractivity contribution in [1.82, 2.24) is 0 Å². The number of halogens is 2. The maximum absolute atomic E-state index is 14.3. The number of epoxide rings is 1. The maximum Gasteiger partial charge on any atom is 0.164 e. The van der Waals surface area contributed by atoms with E-state index in [-0.39, 0.29) is 6.10 Å². The lowest BCUT2D eigenvalue weighted by Crippen LogP contribution is -2.26. The average Bonchev–Trinajstić information content (AvgIpc) is 3.55. The van der Waals surface area contributed by atoms with Gasteiger partial charge in [0.25, 0.3) is 0 Å². The zero-order valence-electron chi connectivity index (χ0n) is 16.7. The first-order chi connectivity index (χ1) is 13.2.